The van der Waals surface area contributed by atoms with Gasteiger partial charge in [0.15, 0.2) is 0 Å². The summed E-state index contributed by atoms with van der Waals surface area (Å²) in [5, 5.41) is 9.72. The van der Waals surface area contributed by atoms with E-state index < -0.39 is 0 Å². The highest BCUT2D eigenvalue weighted by Gasteiger charge is 2.01. The highest BCUT2D eigenvalue weighted by atomic mass is 35.5. The van der Waals surface area contributed by atoms with Gasteiger partial charge in [0.25, 0.3) is 0 Å². The first-order valence-corrected chi connectivity index (χ1v) is 3.60. The Morgan fingerprint density at radius 2 is 1.90 bits per heavy atom. The van der Waals surface area contributed by atoms with Crippen molar-refractivity contribution in [3.05, 3.63) is 22.7 Å². The number of hydrogen-bond acceptors (Lipinski definition) is 1. The Labute approximate surface area is 67.5 Å². The lowest BCUT2D eigenvalue weighted by atomic mass is 9.64. The third-order valence-electron chi connectivity index (χ3n) is 1.23. The molecule has 1 nitrogen and oxygen atoms in total. The zero-order chi connectivity index (χ0) is 8.15. The van der Waals surface area contributed by atoms with Crippen LogP contribution in [0.2, 0.25) is 6.82 Å². The molecule has 0 rings (SSSR count). The van der Waals surface area contributed by atoms with E-state index in [0.717, 1.165) is 10.5 Å². The average Bonchev–Trinajstić information content (AvgIpc) is 1.82. The summed E-state index contributed by atoms with van der Waals surface area (Å²) in [5.41, 5.74) is 0.917. The third-order valence-corrected chi connectivity index (χ3v) is 1.36. The van der Waals surface area contributed by atoms with Crippen LogP contribution in [0.4, 0.5) is 0 Å². The van der Waals surface area contributed by atoms with E-state index in [9.17, 15) is 0 Å². The Balaban J connectivity index is 4.05. The van der Waals surface area contributed by atoms with Gasteiger partial charge in [-0.3, -0.25) is 0 Å². The van der Waals surface area contributed by atoms with Gasteiger partial charge in [-0.25, -0.2) is 0 Å². The molecule has 56 valence electrons. The van der Waals surface area contributed by atoms with Crippen molar-refractivity contribution in [2.75, 3.05) is 0 Å². The molecule has 0 radical (unpaired) electrons. The molecule has 1 N–H and O–H groups in total. The smallest absolute Gasteiger partial charge is 0.315 e. The third kappa shape index (κ3) is 4.65. The minimum Gasteiger partial charge on any atom is -0.447 e. The normalized spacial score (nSPS) is 13.7. The van der Waals surface area contributed by atoms with E-state index in [2.05, 4.69) is 0 Å². The first kappa shape index (κ1) is 9.79. The van der Waals surface area contributed by atoms with Crippen LogP contribution in [0.5, 0.6) is 0 Å². The molecule has 0 aliphatic heterocycles. The minimum atomic E-state index is -0.382. The molecule has 0 aromatic carbocycles. The van der Waals surface area contributed by atoms with Crippen molar-refractivity contribution in [1.82, 2.24) is 0 Å². The Bertz CT molecular complexity index is 157. The van der Waals surface area contributed by atoms with Gasteiger partial charge in [-0.1, -0.05) is 30.0 Å². The standard InChI is InChI=1S/C7H12BClO/c1-6(8(3)10)4-5-7(2)9/h4-5,10H,1-3H3. The predicted molar refractivity (Wildman–Crippen MR) is 47.2 cm³/mol. The Hall–Kier alpha value is -0.205. The number of allylic oxidation sites excluding steroid dienone is 4. The Morgan fingerprint density at radius 3 is 2.20 bits per heavy atom. The summed E-state index contributed by atoms with van der Waals surface area (Å²) in [6.07, 6.45) is 3.58. The largest absolute Gasteiger partial charge is 0.447 e. The van der Waals surface area contributed by atoms with Gasteiger partial charge in [0, 0.05) is 5.03 Å². The van der Waals surface area contributed by atoms with Crippen molar-refractivity contribution in [3.8, 4) is 0 Å². The fourth-order valence-corrected chi connectivity index (χ4v) is 0.449. The van der Waals surface area contributed by atoms with Crippen LogP contribution in [0.1, 0.15) is 13.8 Å². The highest BCUT2D eigenvalue weighted by molar-refractivity contribution is 6.57. The topological polar surface area (TPSA) is 20.2 Å². The number of rotatable bonds is 2. The van der Waals surface area contributed by atoms with Crippen molar-refractivity contribution in [3.63, 3.8) is 0 Å². The van der Waals surface area contributed by atoms with Crippen molar-refractivity contribution in [2.24, 2.45) is 0 Å². The van der Waals surface area contributed by atoms with Gasteiger partial charge in [-0.15, -0.1) is 0 Å². The number of halogens is 1. The SMILES string of the molecule is CB(O)C(C)=CC=C(C)Cl. The van der Waals surface area contributed by atoms with Crippen molar-refractivity contribution in [2.45, 2.75) is 20.7 Å². The molecule has 0 aromatic heterocycles. The minimum absolute atomic E-state index is 0.382. The zero-order valence-corrected chi connectivity index (χ0v) is 7.31. The van der Waals surface area contributed by atoms with Crippen LogP contribution in [0, 0.1) is 0 Å². The van der Waals surface area contributed by atoms with Crippen molar-refractivity contribution in [1.29, 1.82) is 0 Å². The molecule has 0 atom stereocenters. The van der Waals surface area contributed by atoms with Crippen LogP contribution in [0.15, 0.2) is 22.7 Å². The molecule has 0 heterocycles. The van der Waals surface area contributed by atoms with Crippen LogP contribution in [0.3, 0.4) is 0 Å². The first-order chi connectivity index (χ1) is 4.54. The van der Waals surface area contributed by atoms with Crippen LogP contribution < -0.4 is 0 Å². The molecule has 0 aliphatic carbocycles. The molecule has 0 bridgehead atoms. The lowest BCUT2D eigenvalue weighted by molar-refractivity contribution is 0.588. The summed E-state index contributed by atoms with van der Waals surface area (Å²) in [6.45, 7) is 5.00. The van der Waals surface area contributed by atoms with Crippen molar-refractivity contribution < 1.29 is 5.02 Å². The van der Waals surface area contributed by atoms with Gasteiger partial charge in [-0.05, 0) is 19.9 Å². The van der Waals surface area contributed by atoms with Gasteiger partial charge in [0.05, 0.1) is 0 Å². The van der Waals surface area contributed by atoms with Crippen LogP contribution in [-0.4, -0.2) is 11.9 Å². The molecule has 0 spiro atoms. The highest BCUT2D eigenvalue weighted by Crippen LogP contribution is 2.02. The molecule has 0 fully saturated rings. The molecule has 0 aliphatic rings. The van der Waals surface area contributed by atoms with Crippen LogP contribution >= 0.6 is 11.6 Å². The van der Waals surface area contributed by atoms with E-state index in [1.165, 1.54) is 0 Å². The molecular weight excluding hydrogens is 146 g/mol. The first-order valence-electron chi connectivity index (χ1n) is 3.22. The second-order valence-electron chi connectivity index (χ2n) is 2.34. The molecular formula is C7H12BClO. The Morgan fingerprint density at radius 1 is 1.40 bits per heavy atom. The maximum Gasteiger partial charge on any atom is 0.315 e. The second kappa shape index (κ2) is 4.59. The summed E-state index contributed by atoms with van der Waals surface area (Å²) < 4.78 is 0. The fourth-order valence-electron chi connectivity index (χ4n) is 0.386. The van der Waals surface area contributed by atoms with Gasteiger partial charge in [0.1, 0.15) is 0 Å². The summed E-state index contributed by atoms with van der Waals surface area (Å²) in [4.78, 5) is 0. The lowest BCUT2D eigenvalue weighted by Gasteiger charge is -1.95. The lowest BCUT2D eigenvalue weighted by Crippen LogP contribution is -2.06. The molecule has 10 heavy (non-hydrogen) atoms. The molecule has 0 aromatic rings. The predicted octanol–water partition coefficient (Wildman–Crippen LogP) is 2.23. The van der Waals surface area contributed by atoms with Gasteiger partial charge < -0.3 is 5.02 Å². The molecule has 0 unspecified atom stereocenters. The molecule has 0 saturated heterocycles. The maximum atomic E-state index is 8.99. The van der Waals surface area contributed by atoms with Crippen LogP contribution in [0.25, 0.3) is 0 Å². The summed E-state index contributed by atoms with van der Waals surface area (Å²) >= 11 is 5.56. The van der Waals surface area contributed by atoms with E-state index in [1.54, 1.807) is 19.8 Å². The van der Waals surface area contributed by atoms with Crippen LogP contribution in [-0.2, 0) is 0 Å². The average molecular weight is 158 g/mol. The fraction of sp³-hybridized carbons (Fsp3) is 0.429. The summed E-state index contributed by atoms with van der Waals surface area (Å²) in [5.74, 6) is 0. The van der Waals surface area contributed by atoms with E-state index in [-0.39, 0.29) is 6.92 Å². The summed E-state index contributed by atoms with van der Waals surface area (Å²) in [6, 6.07) is 0. The molecule has 0 amide bonds. The molecule has 0 saturated carbocycles. The quantitative estimate of drug-likeness (QED) is 0.483. The Kier molecular flexibility index (Phi) is 4.49. The van der Waals surface area contributed by atoms with Gasteiger partial charge >= 0.3 is 6.92 Å². The summed E-state index contributed by atoms with van der Waals surface area (Å²) in [7, 11) is 0. The van der Waals surface area contributed by atoms with E-state index in [0.29, 0.717) is 0 Å². The van der Waals surface area contributed by atoms with Gasteiger partial charge in [-0.2, -0.15) is 0 Å². The molecule has 3 heteroatoms. The number of hydrogen-bond donors (Lipinski definition) is 1. The monoisotopic (exact) mass is 158 g/mol. The van der Waals surface area contributed by atoms with Gasteiger partial charge in [0.2, 0.25) is 0 Å². The van der Waals surface area contributed by atoms with E-state index in [4.69, 9.17) is 16.6 Å². The van der Waals surface area contributed by atoms with Crippen molar-refractivity contribution >= 4 is 18.5 Å². The zero-order valence-electron chi connectivity index (χ0n) is 6.56. The van der Waals surface area contributed by atoms with E-state index in [1.807, 2.05) is 13.0 Å². The van der Waals surface area contributed by atoms with E-state index >= 15 is 0 Å². The maximum absolute atomic E-state index is 8.99. The second-order valence-corrected chi connectivity index (χ2v) is 2.94.